The number of hydrogen-bond donors (Lipinski definition) is 1. The molecule has 0 spiro atoms. The van der Waals surface area contributed by atoms with E-state index in [1.165, 1.54) is 0 Å². The van der Waals surface area contributed by atoms with Crippen molar-refractivity contribution >= 4 is 5.95 Å². The molecule has 0 amide bonds. The molecule has 1 aromatic heterocycles. The van der Waals surface area contributed by atoms with Crippen LogP contribution in [0.25, 0.3) is 0 Å². The fourth-order valence-electron chi connectivity index (χ4n) is 0.627. The first-order valence-electron chi connectivity index (χ1n) is 3.16. The molecule has 0 saturated heterocycles. The van der Waals surface area contributed by atoms with Crippen molar-refractivity contribution in [1.82, 2.24) is 9.97 Å². The van der Waals surface area contributed by atoms with Gasteiger partial charge >= 0.3 is 0 Å². The minimum absolute atomic E-state index is 0.0231. The molecule has 1 aromatic rings. The molecule has 0 saturated carbocycles. The molecule has 0 fully saturated rings. The summed E-state index contributed by atoms with van der Waals surface area (Å²) >= 11 is 0. The summed E-state index contributed by atoms with van der Waals surface area (Å²) in [4.78, 5) is 6.59. The summed E-state index contributed by atoms with van der Waals surface area (Å²) in [5.41, 5.74) is 0. The molecular formula is C6H7F2N3. The Balaban J connectivity index is 2.89. The van der Waals surface area contributed by atoms with Crippen LogP contribution in [0.4, 0.5) is 14.7 Å². The number of nitrogens with zero attached hydrogens (tertiary/aromatic N) is 2. The second-order valence-corrected chi connectivity index (χ2v) is 1.87. The first kappa shape index (κ1) is 7.84. The molecule has 1 heterocycles. The molecule has 0 unspecified atom stereocenters. The zero-order valence-electron chi connectivity index (χ0n) is 5.93. The Hall–Kier alpha value is -1.26. The van der Waals surface area contributed by atoms with Gasteiger partial charge in [0.25, 0.3) is 0 Å². The summed E-state index contributed by atoms with van der Waals surface area (Å²) in [5.74, 6) is -1.76. The van der Waals surface area contributed by atoms with Gasteiger partial charge in [0, 0.05) is 12.6 Å². The highest BCUT2D eigenvalue weighted by Gasteiger charge is 2.00. The zero-order valence-corrected chi connectivity index (χ0v) is 5.93. The van der Waals surface area contributed by atoms with Gasteiger partial charge in [0.1, 0.15) is 0 Å². The lowest BCUT2D eigenvalue weighted by molar-refractivity contribution is 0.527. The first-order chi connectivity index (χ1) is 5.22. The van der Waals surface area contributed by atoms with Crippen molar-refractivity contribution in [1.29, 1.82) is 0 Å². The quantitative estimate of drug-likeness (QED) is 0.658. The third-order valence-corrected chi connectivity index (χ3v) is 0.999. The predicted molar refractivity (Wildman–Crippen MR) is 36.1 cm³/mol. The van der Waals surface area contributed by atoms with E-state index in [0.29, 0.717) is 12.6 Å². The van der Waals surface area contributed by atoms with Crippen molar-refractivity contribution in [2.45, 2.75) is 6.92 Å². The summed E-state index contributed by atoms with van der Waals surface area (Å²) in [6.07, 6.45) is 0. The van der Waals surface area contributed by atoms with E-state index in [2.05, 4.69) is 15.3 Å². The predicted octanol–water partition coefficient (Wildman–Crippen LogP) is 1.19. The van der Waals surface area contributed by atoms with Crippen LogP contribution in [0, 0.1) is 11.9 Å². The maximum Gasteiger partial charge on any atom is 0.228 e. The van der Waals surface area contributed by atoms with E-state index in [1.54, 1.807) is 6.92 Å². The molecule has 0 aromatic carbocycles. The van der Waals surface area contributed by atoms with E-state index < -0.39 is 11.9 Å². The molecule has 0 aliphatic heterocycles. The minimum Gasteiger partial charge on any atom is -0.354 e. The number of halogens is 2. The summed E-state index contributed by atoms with van der Waals surface area (Å²) in [7, 11) is 0. The van der Waals surface area contributed by atoms with Crippen molar-refractivity contribution in [3.63, 3.8) is 0 Å². The van der Waals surface area contributed by atoms with Crippen LogP contribution in [-0.4, -0.2) is 16.5 Å². The Morgan fingerprint density at radius 3 is 2.36 bits per heavy atom. The molecule has 0 atom stereocenters. The largest absolute Gasteiger partial charge is 0.354 e. The number of rotatable bonds is 2. The van der Waals surface area contributed by atoms with Gasteiger partial charge in [-0.25, -0.2) is 0 Å². The SMILES string of the molecule is CCNc1nc(F)cc(F)n1. The van der Waals surface area contributed by atoms with Gasteiger partial charge in [-0.3, -0.25) is 0 Å². The highest BCUT2D eigenvalue weighted by molar-refractivity contribution is 5.22. The van der Waals surface area contributed by atoms with Gasteiger partial charge in [-0.15, -0.1) is 0 Å². The molecule has 5 heteroatoms. The maximum atomic E-state index is 12.3. The second kappa shape index (κ2) is 3.23. The standard InChI is InChI=1S/C6H7F2N3/c1-2-9-6-10-4(7)3-5(8)11-6/h3H,2H2,1H3,(H,9,10,11). The summed E-state index contributed by atoms with van der Waals surface area (Å²) < 4.78 is 24.6. The minimum atomic E-state index is -0.867. The van der Waals surface area contributed by atoms with E-state index >= 15 is 0 Å². The fourth-order valence-corrected chi connectivity index (χ4v) is 0.627. The van der Waals surface area contributed by atoms with Crippen LogP contribution >= 0.6 is 0 Å². The molecule has 1 N–H and O–H groups in total. The van der Waals surface area contributed by atoms with Crippen LogP contribution in [0.1, 0.15) is 6.92 Å². The Bertz CT molecular complexity index is 231. The van der Waals surface area contributed by atoms with Crippen LogP contribution < -0.4 is 5.32 Å². The molecular weight excluding hydrogens is 152 g/mol. The Morgan fingerprint density at radius 1 is 1.36 bits per heavy atom. The molecule has 11 heavy (non-hydrogen) atoms. The molecule has 1 rings (SSSR count). The van der Waals surface area contributed by atoms with Gasteiger partial charge in [-0.1, -0.05) is 0 Å². The van der Waals surface area contributed by atoms with E-state index in [9.17, 15) is 8.78 Å². The average Bonchev–Trinajstić information content (AvgIpc) is 1.85. The highest BCUT2D eigenvalue weighted by Crippen LogP contribution is 2.01. The monoisotopic (exact) mass is 159 g/mol. The number of aromatic nitrogens is 2. The van der Waals surface area contributed by atoms with Crippen LogP contribution in [0.15, 0.2) is 6.07 Å². The van der Waals surface area contributed by atoms with Crippen molar-refractivity contribution < 1.29 is 8.78 Å². The Kier molecular flexibility index (Phi) is 2.30. The van der Waals surface area contributed by atoms with Gasteiger partial charge in [-0.2, -0.15) is 18.7 Å². The lowest BCUT2D eigenvalue weighted by atomic mass is 10.6. The number of nitrogens with one attached hydrogen (secondary N) is 1. The summed E-state index contributed by atoms with van der Waals surface area (Å²) in [5, 5.41) is 2.59. The third kappa shape index (κ3) is 2.10. The smallest absolute Gasteiger partial charge is 0.228 e. The maximum absolute atomic E-state index is 12.3. The zero-order chi connectivity index (χ0) is 8.27. The number of anilines is 1. The van der Waals surface area contributed by atoms with Gasteiger partial charge in [0.15, 0.2) is 0 Å². The lowest BCUT2D eigenvalue weighted by Gasteiger charge is -1.99. The van der Waals surface area contributed by atoms with Crippen LogP contribution in [-0.2, 0) is 0 Å². The van der Waals surface area contributed by atoms with Crippen LogP contribution in [0.3, 0.4) is 0 Å². The Morgan fingerprint density at radius 2 is 1.91 bits per heavy atom. The van der Waals surface area contributed by atoms with Crippen LogP contribution in [0.5, 0.6) is 0 Å². The van der Waals surface area contributed by atoms with Crippen molar-refractivity contribution in [2.24, 2.45) is 0 Å². The van der Waals surface area contributed by atoms with Gasteiger partial charge in [0.2, 0.25) is 17.8 Å². The average molecular weight is 159 g/mol. The topological polar surface area (TPSA) is 37.8 Å². The Labute approximate surface area is 62.5 Å². The molecule has 0 radical (unpaired) electrons. The highest BCUT2D eigenvalue weighted by atomic mass is 19.1. The lowest BCUT2D eigenvalue weighted by Crippen LogP contribution is -2.04. The normalized spacial score (nSPS) is 9.73. The van der Waals surface area contributed by atoms with Gasteiger partial charge in [0.05, 0.1) is 0 Å². The number of hydrogen-bond acceptors (Lipinski definition) is 3. The molecule has 0 aliphatic carbocycles. The van der Waals surface area contributed by atoms with Gasteiger partial charge < -0.3 is 5.32 Å². The second-order valence-electron chi connectivity index (χ2n) is 1.87. The van der Waals surface area contributed by atoms with E-state index in [-0.39, 0.29) is 5.95 Å². The summed E-state index contributed by atoms with van der Waals surface area (Å²) in [6.45, 7) is 2.31. The molecule has 60 valence electrons. The molecule has 0 aliphatic rings. The summed E-state index contributed by atoms with van der Waals surface area (Å²) in [6, 6.07) is 0.626. The first-order valence-corrected chi connectivity index (χ1v) is 3.16. The third-order valence-electron chi connectivity index (χ3n) is 0.999. The van der Waals surface area contributed by atoms with Crippen molar-refractivity contribution in [3.8, 4) is 0 Å². The molecule has 3 nitrogen and oxygen atoms in total. The van der Waals surface area contributed by atoms with E-state index in [4.69, 9.17) is 0 Å². The fraction of sp³-hybridized carbons (Fsp3) is 0.333. The van der Waals surface area contributed by atoms with E-state index in [0.717, 1.165) is 0 Å². The van der Waals surface area contributed by atoms with E-state index in [1.807, 2.05) is 0 Å². The van der Waals surface area contributed by atoms with Crippen LogP contribution in [0.2, 0.25) is 0 Å². The van der Waals surface area contributed by atoms with Crippen molar-refractivity contribution in [3.05, 3.63) is 18.0 Å². The molecule has 0 bridgehead atoms. The van der Waals surface area contributed by atoms with Crippen molar-refractivity contribution in [2.75, 3.05) is 11.9 Å². The van der Waals surface area contributed by atoms with Gasteiger partial charge in [-0.05, 0) is 6.92 Å².